The number of nitrogens with one attached hydrogen (secondary N) is 12. The van der Waals surface area contributed by atoms with E-state index in [2.05, 4.69) is 63.1 Å². The summed E-state index contributed by atoms with van der Waals surface area (Å²) in [7, 11) is 3.84. The summed E-state index contributed by atoms with van der Waals surface area (Å²) in [5.74, 6) is -19.6. The Bertz CT molecular complexity index is 4880. The minimum Gasteiger partial charge on any atom is -0.508 e. The summed E-state index contributed by atoms with van der Waals surface area (Å²) in [6.45, 7) is 0.963. The number of hydrogen-bond acceptors (Lipinski definition) is 24. The summed E-state index contributed by atoms with van der Waals surface area (Å²) in [4.78, 5) is 270. The van der Waals surface area contributed by atoms with Gasteiger partial charge in [-0.15, -0.1) is 11.8 Å². The number of rotatable bonds is 24. The highest BCUT2D eigenvalue weighted by Gasteiger charge is 2.47. The van der Waals surface area contributed by atoms with Gasteiger partial charge >= 0.3 is 5.97 Å². The summed E-state index contributed by atoms with van der Waals surface area (Å²) in [5, 5.41) is 68.9. The molecule has 3 fully saturated rings. The Morgan fingerprint density at radius 2 is 1.03 bits per heavy atom. The van der Waals surface area contributed by atoms with Crippen molar-refractivity contribution in [3.05, 3.63) is 102 Å². The molecule has 15 atom stereocenters. The number of thioether (sulfide) groups is 1. The molecular weight excluding hydrogens is 1700 g/mol. The van der Waals surface area contributed by atoms with E-state index in [4.69, 9.17) is 22.9 Å². The Kier molecular flexibility index (Phi) is 38.1. The Morgan fingerprint density at radius 1 is 0.527 bits per heavy atom. The van der Waals surface area contributed by atoms with Crippen molar-refractivity contribution in [2.75, 3.05) is 72.0 Å². The first kappa shape index (κ1) is 102. The number of primary amides is 2. The number of fused-ring (bicyclic) bond motifs is 4. The largest absolute Gasteiger partial charge is 0.508 e. The van der Waals surface area contributed by atoms with Crippen LogP contribution in [0.1, 0.15) is 121 Å². The summed E-state index contributed by atoms with van der Waals surface area (Å²) in [6, 6.07) is -3.04. The second-order valence-corrected chi connectivity index (χ2v) is 33.4. The molecule has 0 unspecified atom stereocenters. The second-order valence-electron chi connectivity index (χ2n) is 32.3. The van der Waals surface area contributed by atoms with Gasteiger partial charge in [-0.3, -0.25) is 86.3 Å². The number of aliphatic hydroxyl groups excluding tert-OH is 2. The van der Waals surface area contributed by atoms with E-state index < -0.39 is 267 Å². The molecule has 3 saturated heterocycles. The fraction of sp³-hybridized carbons (Fsp3) is 0.529. The number of aliphatic hydroxyl groups is 2. The van der Waals surface area contributed by atoms with Gasteiger partial charge in [-0.2, -0.15) is 0 Å². The molecule has 0 saturated carbocycles. The van der Waals surface area contributed by atoms with E-state index in [1.54, 1.807) is 73.1 Å². The zero-order valence-electron chi connectivity index (χ0n) is 72.8. The number of carbonyl (C=O) groups excluding carboxylic acids is 17. The first-order valence-corrected chi connectivity index (χ1v) is 43.9. The number of phenolic OH excluding ortho intramolecular Hbond substituents is 1. The van der Waals surface area contributed by atoms with Crippen molar-refractivity contribution in [3.63, 3.8) is 0 Å². The van der Waals surface area contributed by atoms with Gasteiger partial charge in [0.15, 0.2) is 0 Å². The second kappa shape index (κ2) is 48.4. The predicted octanol–water partition coefficient (Wildman–Crippen LogP) is -5.03. The number of amides is 17. The SMILES string of the molecule is CCCC[C@H]1C(=O)N(C)[C@@H](CCCC)C(=O)N[C@@H](CN)C(=O)N[C@H](C(=O)NCC(N)=O)CSCC(=O)N[C@@H](CCc2ccc(O)cc2)C(=O)N(C)[C@@H](C)C(=O)N[C@@H](CC(N)=O)C(=O)N2CCC[C@H]2C(=O)N[C@@H](CN)C(=O)N[C@@H](CCC(=O)O)C(=O)N2C[C@H](O)C[C@H]2C(=O)N[C@@H](Cc2c[nH]c3ccccc23)C(=O)N[C@@H](CO)C(=O)N[C@@H](Cc2c[nH]c3ccccc23)C(=O)N1C. The third kappa shape index (κ3) is 27.9. The quantitative estimate of drug-likeness (QED) is 0.0275. The maximum absolute atomic E-state index is 15.6. The number of aliphatic carboxylic acids is 1. The van der Waals surface area contributed by atoms with Gasteiger partial charge in [0.25, 0.3) is 0 Å². The number of nitrogens with two attached hydrogens (primary N) is 4. The summed E-state index contributed by atoms with van der Waals surface area (Å²) >= 11 is 0.755. The van der Waals surface area contributed by atoms with E-state index in [1.807, 2.05) is 13.8 Å². The fourth-order valence-electron chi connectivity index (χ4n) is 15.6. The zero-order valence-corrected chi connectivity index (χ0v) is 73.6. The number of aromatic hydroxyl groups is 1. The molecule has 0 radical (unpaired) electrons. The first-order chi connectivity index (χ1) is 61.4. The molecule has 5 heterocycles. The van der Waals surface area contributed by atoms with Crippen molar-refractivity contribution < 1.29 is 107 Å². The molecule has 3 aliphatic heterocycles. The number of carboxylic acids is 1. The molecular formula is C85H119N21O22S. The van der Waals surface area contributed by atoms with Gasteiger partial charge in [0, 0.05) is 113 Å². The first-order valence-electron chi connectivity index (χ1n) is 42.8. The maximum Gasteiger partial charge on any atom is 0.303 e. The number of phenols is 1. The lowest BCUT2D eigenvalue weighted by atomic mass is 10.00. The van der Waals surface area contributed by atoms with Crippen LogP contribution in [-0.4, -0.2) is 324 Å². The third-order valence-corrected chi connectivity index (χ3v) is 24.1. The smallest absolute Gasteiger partial charge is 0.303 e. The van der Waals surface area contributed by atoms with Crippen LogP contribution in [0.2, 0.25) is 0 Å². The van der Waals surface area contributed by atoms with Crippen molar-refractivity contribution in [1.29, 1.82) is 0 Å². The van der Waals surface area contributed by atoms with E-state index in [1.165, 1.54) is 40.2 Å². The zero-order chi connectivity index (χ0) is 94.6. The van der Waals surface area contributed by atoms with Gasteiger partial charge < -0.3 is 131 Å². The highest BCUT2D eigenvalue weighted by atomic mass is 32.2. The van der Waals surface area contributed by atoms with Crippen molar-refractivity contribution >= 4 is 140 Å². The molecule has 17 amide bonds. The van der Waals surface area contributed by atoms with Gasteiger partial charge in [-0.05, 0) is 92.8 Å². The number of nitrogens with zero attached hydrogens (tertiary/aromatic N) is 5. The van der Waals surface area contributed by atoms with Crippen molar-refractivity contribution in [2.45, 2.75) is 214 Å². The molecule has 0 aliphatic carbocycles. The number of H-pyrrole nitrogens is 2. The Labute approximate surface area is 747 Å². The minimum atomic E-state index is -1.93. The summed E-state index contributed by atoms with van der Waals surface area (Å²) < 4.78 is 0. The molecule has 129 heavy (non-hydrogen) atoms. The molecule has 5 aromatic rings. The molecule has 702 valence electrons. The van der Waals surface area contributed by atoms with Crippen molar-refractivity contribution in [3.8, 4) is 5.75 Å². The normalized spacial score (nSPS) is 25.3. The van der Waals surface area contributed by atoms with E-state index in [0.29, 0.717) is 64.2 Å². The monoisotopic (exact) mass is 1820 g/mol. The lowest BCUT2D eigenvalue weighted by Gasteiger charge is -2.36. The van der Waals surface area contributed by atoms with Crippen LogP contribution in [0.4, 0.5) is 0 Å². The fourth-order valence-corrected chi connectivity index (χ4v) is 16.5. The minimum absolute atomic E-state index is 0.0180. The summed E-state index contributed by atoms with van der Waals surface area (Å²) in [6.07, 6.45) is -0.205. The molecule has 0 bridgehead atoms. The standard InChI is InChI=1S/C85H119N21O22S/c1-7-9-20-64-78(121)98-61(37-87)76(119)101-63(73(116)92-40-69(89)111)43-129-44-70(112)93-55(28-25-46-23-26-49(108)27-24-46)81(124)102(4)45(3)72(115)96-59(35-68(88)110)84(127)105-31-15-22-65(105)79(122)99-60(36-86)75(118)94-56(29-30-71(113)114)83(126)106-41-50(109)34-67(106)80(123)95-57(32-47-38-90-53-18-13-11-16-51(47)53)74(117)100-62(42-107)77(120)97-58(33-48-39-91-54-19-14-12-17-52(48)54)82(125)104(6)66(21-10-8-2)85(128)103(64)5/h11-14,16-19,23-24,26-27,38-39,45,50,55-67,90-91,107-109H,7-10,15,20-22,25,28-37,40-44,86-87H2,1-6H3,(H2,88,110)(H2,89,111)(H,92,116)(H,93,112)(H,94,118)(H,95,123)(H,96,115)(H,97,120)(H,98,121)(H,99,122)(H,100,117)(H,101,119)(H,113,114)/t45-,50+,55-,56-,57-,58-,59-,60-,61-,62-,63-,64-,65-,66-,67-/m0/s1. The number of benzene rings is 3. The molecule has 3 aromatic carbocycles. The van der Waals surface area contributed by atoms with Gasteiger partial charge in [-0.25, -0.2) is 0 Å². The maximum atomic E-state index is 15.6. The predicted molar refractivity (Wildman–Crippen MR) is 468 cm³/mol. The van der Waals surface area contributed by atoms with Gasteiger partial charge in [0.1, 0.15) is 90.3 Å². The van der Waals surface area contributed by atoms with Gasteiger partial charge in [0.2, 0.25) is 100 Å². The molecule has 44 heteroatoms. The number of hydrogen-bond donors (Lipinski definition) is 20. The number of aromatic amines is 2. The van der Waals surface area contributed by atoms with E-state index >= 15 is 28.8 Å². The van der Waals surface area contributed by atoms with Crippen molar-refractivity contribution in [2.24, 2.45) is 22.9 Å². The molecule has 3 aliphatic rings. The number of para-hydroxylation sites is 2. The number of carboxylic acid groups (broad SMARTS) is 1. The van der Waals surface area contributed by atoms with Gasteiger partial charge in [0.05, 0.1) is 31.4 Å². The van der Waals surface area contributed by atoms with Crippen LogP contribution >= 0.6 is 11.8 Å². The Balaban J connectivity index is 1.17. The van der Waals surface area contributed by atoms with Crippen LogP contribution in [0.5, 0.6) is 5.75 Å². The molecule has 24 N–H and O–H groups in total. The van der Waals surface area contributed by atoms with E-state index in [0.717, 1.165) is 36.3 Å². The number of carbonyl (C=O) groups is 18. The molecule has 8 rings (SSSR count). The Morgan fingerprint density at radius 3 is 1.62 bits per heavy atom. The molecule has 0 spiro atoms. The molecule has 43 nitrogen and oxygen atoms in total. The van der Waals surface area contributed by atoms with E-state index in [-0.39, 0.29) is 63.7 Å². The number of aryl methyl sites for hydroxylation is 1. The molecule has 2 aromatic heterocycles. The van der Waals surface area contributed by atoms with Gasteiger partial charge in [-0.1, -0.05) is 88.1 Å². The number of aromatic nitrogens is 2. The number of likely N-dealkylation sites (N-methyl/N-ethyl adjacent to an activating group) is 3. The third-order valence-electron chi connectivity index (χ3n) is 23.1. The summed E-state index contributed by atoms with van der Waals surface area (Å²) in [5.41, 5.74) is 26.1. The lowest BCUT2D eigenvalue weighted by molar-refractivity contribution is -0.149. The van der Waals surface area contributed by atoms with Crippen LogP contribution in [-0.2, 0) is 106 Å². The highest BCUT2D eigenvalue weighted by molar-refractivity contribution is 8.00. The van der Waals surface area contributed by atoms with Crippen LogP contribution in [0.15, 0.2) is 85.2 Å². The Hall–Kier alpha value is -12.8. The van der Waals surface area contributed by atoms with Crippen LogP contribution in [0.25, 0.3) is 21.8 Å². The van der Waals surface area contributed by atoms with Crippen LogP contribution in [0, 0.1) is 0 Å². The average molecular weight is 1820 g/mol. The number of unbranched alkanes of at least 4 members (excludes halogenated alkanes) is 2. The lowest BCUT2D eigenvalue weighted by Crippen LogP contribution is -2.62. The topological polar surface area (TPSA) is 660 Å². The van der Waals surface area contributed by atoms with Crippen molar-refractivity contribution in [1.82, 2.24) is 87.6 Å². The van der Waals surface area contributed by atoms with Crippen LogP contribution in [0.3, 0.4) is 0 Å². The van der Waals surface area contributed by atoms with E-state index in [9.17, 15) is 78.0 Å². The highest BCUT2D eigenvalue weighted by Crippen LogP contribution is 2.28. The average Bonchev–Trinajstić information content (AvgIpc) is 1.74. The van der Waals surface area contributed by atoms with Crippen LogP contribution < -0.4 is 76.1 Å².